The molecule has 6 nitrogen and oxygen atoms in total. The van der Waals surface area contributed by atoms with Gasteiger partial charge in [-0.3, -0.25) is 9.36 Å². The summed E-state index contributed by atoms with van der Waals surface area (Å²) in [5, 5.41) is 4.91. The van der Waals surface area contributed by atoms with Crippen LogP contribution < -0.4 is 5.56 Å². The number of nitrogens with zero attached hydrogens (tertiary/aromatic N) is 3. The Hall–Kier alpha value is -2.80. The highest BCUT2D eigenvalue weighted by molar-refractivity contribution is 7.20. The fourth-order valence-corrected chi connectivity index (χ4v) is 5.40. The molecule has 2 aromatic heterocycles. The summed E-state index contributed by atoms with van der Waals surface area (Å²) >= 11 is 1.50. The van der Waals surface area contributed by atoms with Crippen LogP contribution in [0.25, 0.3) is 10.2 Å². The van der Waals surface area contributed by atoms with Gasteiger partial charge in [0.15, 0.2) is 0 Å². The molecule has 3 heterocycles. The number of carbonyl (C=O) groups excluding carboxylic acids is 1. The van der Waals surface area contributed by atoms with Crippen molar-refractivity contribution < 1.29 is 9.63 Å². The molecule has 0 N–H and O–H groups in total. The van der Waals surface area contributed by atoms with Gasteiger partial charge in [0, 0.05) is 13.0 Å². The Bertz CT molecular complexity index is 1180. The Morgan fingerprint density at radius 1 is 1.07 bits per heavy atom. The minimum atomic E-state index is -0.476. The zero-order valence-electron chi connectivity index (χ0n) is 16.0. The minimum Gasteiger partial charge on any atom is -0.312 e. The summed E-state index contributed by atoms with van der Waals surface area (Å²) in [6, 6.07) is 8.83. The number of rotatable bonds is 2. The zero-order chi connectivity index (χ0) is 19.8. The monoisotopic (exact) mass is 407 g/mol. The third-order valence-electron chi connectivity index (χ3n) is 5.62. The van der Waals surface area contributed by atoms with Crippen molar-refractivity contribution >= 4 is 33.2 Å². The lowest BCUT2D eigenvalue weighted by molar-refractivity contribution is 0.0515. The van der Waals surface area contributed by atoms with Gasteiger partial charge in [-0.25, -0.2) is 9.78 Å². The van der Waals surface area contributed by atoms with E-state index in [9.17, 15) is 9.59 Å². The van der Waals surface area contributed by atoms with E-state index in [2.05, 4.69) is 5.16 Å². The fourth-order valence-electron chi connectivity index (χ4n) is 4.16. The predicted molar refractivity (Wildman–Crippen MR) is 113 cm³/mol. The van der Waals surface area contributed by atoms with E-state index in [0.29, 0.717) is 5.56 Å². The quantitative estimate of drug-likeness (QED) is 0.474. The van der Waals surface area contributed by atoms with E-state index in [1.165, 1.54) is 11.3 Å². The Labute approximate surface area is 171 Å². The molecule has 2 aliphatic rings. The number of hydrogen-bond donors (Lipinski definition) is 0. The molecule has 148 valence electrons. The number of benzene rings is 1. The zero-order valence-corrected chi connectivity index (χ0v) is 16.8. The van der Waals surface area contributed by atoms with Gasteiger partial charge in [0.25, 0.3) is 5.56 Å². The summed E-state index contributed by atoms with van der Waals surface area (Å²) in [6.45, 7) is 0.747. The van der Waals surface area contributed by atoms with Crippen molar-refractivity contribution in [1.29, 1.82) is 0 Å². The average Bonchev–Trinajstić information content (AvgIpc) is 2.96. The summed E-state index contributed by atoms with van der Waals surface area (Å²) in [5.41, 5.74) is 2.29. The summed E-state index contributed by atoms with van der Waals surface area (Å²) < 4.78 is 1.86. The Morgan fingerprint density at radius 2 is 1.93 bits per heavy atom. The normalized spacial score (nSPS) is 17.6. The summed E-state index contributed by atoms with van der Waals surface area (Å²) in [6.07, 6.45) is 6.52. The van der Waals surface area contributed by atoms with Crippen molar-refractivity contribution in [3.05, 3.63) is 62.5 Å². The molecule has 1 aliphatic carbocycles. The first-order valence-electron chi connectivity index (χ1n) is 10.1. The van der Waals surface area contributed by atoms with Crippen molar-refractivity contribution in [1.82, 2.24) is 9.55 Å². The Balaban J connectivity index is 1.54. The maximum Gasteiger partial charge on any atom is 0.365 e. The number of hydrogen-bond acceptors (Lipinski definition) is 6. The van der Waals surface area contributed by atoms with Gasteiger partial charge in [-0.1, -0.05) is 29.8 Å². The number of fused-ring (bicyclic) bond motifs is 4. The summed E-state index contributed by atoms with van der Waals surface area (Å²) in [4.78, 5) is 37.2. The molecular formula is C22H21N3O3S. The van der Waals surface area contributed by atoms with Crippen LogP contribution >= 0.6 is 11.3 Å². The van der Waals surface area contributed by atoms with Gasteiger partial charge in [0.05, 0.1) is 21.5 Å². The molecule has 0 saturated heterocycles. The van der Waals surface area contributed by atoms with Crippen molar-refractivity contribution in [3.63, 3.8) is 0 Å². The highest BCUT2D eigenvalue weighted by atomic mass is 32.1. The van der Waals surface area contributed by atoms with Gasteiger partial charge in [0.2, 0.25) is 0 Å². The Kier molecular flexibility index (Phi) is 4.75. The number of oxime groups is 1. The molecule has 0 fully saturated rings. The van der Waals surface area contributed by atoms with Crippen LogP contribution in [0.5, 0.6) is 0 Å². The van der Waals surface area contributed by atoms with Crippen LogP contribution in [-0.4, -0.2) is 21.2 Å². The second kappa shape index (κ2) is 7.55. The van der Waals surface area contributed by atoms with Gasteiger partial charge in [-0.05, 0) is 49.8 Å². The van der Waals surface area contributed by atoms with Gasteiger partial charge >= 0.3 is 5.97 Å². The lowest BCUT2D eigenvalue weighted by atomic mass is 9.95. The predicted octanol–water partition coefficient (Wildman–Crippen LogP) is 4.08. The van der Waals surface area contributed by atoms with Crippen molar-refractivity contribution in [2.75, 3.05) is 0 Å². The second-order valence-electron chi connectivity index (χ2n) is 7.52. The van der Waals surface area contributed by atoms with Crippen LogP contribution in [0, 0.1) is 0 Å². The fraction of sp³-hybridized carbons (Fsp3) is 0.364. The molecule has 0 unspecified atom stereocenters. The SMILES string of the molecule is O=C(O/N=C1/CCCc2c1sc1nc3n(c(=O)c21)CCCCC3)c1ccccc1. The summed E-state index contributed by atoms with van der Waals surface area (Å²) in [5.74, 6) is 0.420. The highest BCUT2D eigenvalue weighted by Crippen LogP contribution is 2.34. The second-order valence-corrected chi connectivity index (χ2v) is 8.52. The molecule has 0 radical (unpaired) electrons. The number of aryl methyl sites for hydroxylation is 2. The van der Waals surface area contributed by atoms with Crippen molar-refractivity contribution in [2.45, 2.75) is 51.5 Å². The molecule has 7 heteroatoms. The van der Waals surface area contributed by atoms with Gasteiger partial charge < -0.3 is 4.84 Å². The van der Waals surface area contributed by atoms with Crippen LogP contribution in [0.15, 0.2) is 40.3 Å². The molecule has 5 rings (SSSR count). The van der Waals surface area contributed by atoms with E-state index >= 15 is 0 Å². The van der Waals surface area contributed by atoms with E-state index in [4.69, 9.17) is 9.82 Å². The molecule has 0 saturated carbocycles. The van der Waals surface area contributed by atoms with E-state index in [-0.39, 0.29) is 5.56 Å². The molecule has 0 bridgehead atoms. The van der Waals surface area contributed by atoms with Crippen molar-refractivity contribution in [2.24, 2.45) is 5.16 Å². The molecule has 1 aromatic carbocycles. The van der Waals surface area contributed by atoms with Gasteiger partial charge in [-0.2, -0.15) is 0 Å². The standard InChI is InChI=1S/C22H21N3O3S/c26-21-18-15-10-7-11-16(24-28-22(27)14-8-3-1-4-9-14)19(15)29-20(18)23-17-12-5-2-6-13-25(17)21/h1,3-4,8-9H,2,5-7,10-13H2/b24-16-. The largest absolute Gasteiger partial charge is 0.365 e. The van der Waals surface area contributed by atoms with Gasteiger partial charge in [-0.15, -0.1) is 11.3 Å². The molecule has 1 aliphatic heterocycles. The van der Waals surface area contributed by atoms with E-state index in [1.54, 1.807) is 24.3 Å². The first kappa shape index (κ1) is 18.2. The lowest BCUT2D eigenvalue weighted by Crippen LogP contribution is -2.25. The average molecular weight is 407 g/mol. The third kappa shape index (κ3) is 3.29. The molecular weight excluding hydrogens is 386 g/mol. The number of aromatic nitrogens is 2. The van der Waals surface area contributed by atoms with E-state index in [1.807, 2.05) is 10.6 Å². The summed E-state index contributed by atoms with van der Waals surface area (Å²) in [7, 11) is 0. The van der Waals surface area contributed by atoms with Gasteiger partial charge in [0.1, 0.15) is 10.7 Å². The lowest BCUT2D eigenvalue weighted by Gasteiger charge is -2.13. The molecule has 29 heavy (non-hydrogen) atoms. The maximum atomic E-state index is 13.2. The minimum absolute atomic E-state index is 0.0759. The number of thiophene rings is 1. The molecule has 0 atom stereocenters. The van der Waals surface area contributed by atoms with Crippen LogP contribution in [0.1, 0.15) is 58.7 Å². The third-order valence-corrected chi connectivity index (χ3v) is 6.80. The molecule has 3 aromatic rings. The smallest absolute Gasteiger partial charge is 0.312 e. The topological polar surface area (TPSA) is 73.5 Å². The highest BCUT2D eigenvalue weighted by Gasteiger charge is 2.26. The first-order valence-corrected chi connectivity index (χ1v) is 10.9. The van der Waals surface area contributed by atoms with Crippen LogP contribution in [0.3, 0.4) is 0 Å². The van der Waals surface area contributed by atoms with Crippen LogP contribution in [0.4, 0.5) is 0 Å². The van der Waals surface area contributed by atoms with E-state index < -0.39 is 5.97 Å². The van der Waals surface area contributed by atoms with Crippen LogP contribution in [0.2, 0.25) is 0 Å². The molecule has 0 spiro atoms. The number of carbonyl (C=O) groups is 1. The van der Waals surface area contributed by atoms with Crippen LogP contribution in [-0.2, 0) is 24.2 Å². The van der Waals surface area contributed by atoms with E-state index in [0.717, 1.165) is 83.7 Å². The first-order chi connectivity index (χ1) is 14.2. The molecule has 0 amide bonds. The maximum absolute atomic E-state index is 13.2. The Morgan fingerprint density at radius 3 is 2.79 bits per heavy atom. The van der Waals surface area contributed by atoms with Crippen molar-refractivity contribution in [3.8, 4) is 0 Å².